The van der Waals surface area contributed by atoms with Crippen LogP contribution >= 0.6 is 11.6 Å². The van der Waals surface area contributed by atoms with E-state index in [4.69, 9.17) is 11.6 Å². The molecular formula is C25H21ClN4O2. The van der Waals surface area contributed by atoms with Crippen molar-refractivity contribution in [1.29, 1.82) is 0 Å². The smallest absolute Gasteiger partial charge is 0.335 e. The van der Waals surface area contributed by atoms with Gasteiger partial charge >= 0.3 is 5.97 Å². The summed E-state index contributed by atoms with van der Waals surface area (Å²) in [5, 5.41) is 22.2. The number of hydrogen-bond donors (Lipinski definition) is 2. The number of anilines is 1. The van der Waals surface area contributed by atoms with Gasteiger partial charge in [0, 0.05) is 17.1 Å². The third kappa shape index (κ3) is 3.74. The van der Waals surface area contributed by atoms with Gasteiger partial charge < -0.3 is 10.4 Å². The number of aromatic carboxylic acids is 1. The van der Waals surface area contributed by atoms with E-state index in [1.165, 1.54) is 0 Å². The summed E-state index contributed by atoms with van der Waals surface area (Å²) in [4.78, 5) is 11.2. The number of carboxylic acids is 1. The molecule has 4 aromatic rings. The normalized spacial score (nSPS) is 14.9. The Morgan fingerprint density at radius 2 is 1.75 bits per heavy atom. The minimum absolute atomic E-state index is 0.0607. The maximum Gasteiger partial charge on any atom is 0.335 e. The summed E-state index contributed by atoms with van der Waals surface area (Å²) in [7, 11) is 0. The fraction of sp³-hybridized carbons (Fsp3) is 0.160. The lowest BCUT2D eigenvalue weighted by Gasteiger charge is -2.22. The van der Waals surface area contributed by atoms with Gasteiger partial charge in [0.1, 0.15) is 11.6 Å². The van der Waals surface area contributed by atoms with Gasteiger partial charge in [-0.2, -0.15) is 0 Å². The van der Waals surface area contributed by atoms with Crippen LogP contribution in [0.4, 0.5) is 5.69 Å². The van der Waals surface area contributed by atoms with Crippen LogP contribution in [0.2, 0.25) is 5.02 Å². The van der Waals surface area contributed by atoms with E-state index in [9.17, 15) is 9.90 Å². The zero-order valence-corrected chi connectivity index (χ0v) is 18.2. The van der Waals surface area contributed by atoms with Gasteiger partial charge in [0.05, 0.1) is 17.3 Å². The van der Waals surface area contributed by atoms with Crippen molar-refractivity contribution in [2.24, 2.45) is 0 Å². The molecule has 3 aromatic carbocycles. The van der Waals surface area contributed by atoms with Crippen LogP contribution < -0.4 is 5.32 Å². The molecular weight excluding hydrogens is 424 g/mol. The molecule has 1 aromatic heterocycles. The van der Waals surface area contributed by atoms with Gasteiger partial charge in [0.25, 0.3) is 0 Å². The highest BCUT2D eigenvalue weighted by atomic mass is 35.5. The first-order valence-electron chi connectivity index (χ1n) is 10.4. The molecule has 0 spiro atoms. The average molecular weight is 445 g/mol. The van der Waals surface area contributed by atoms with Gasteiger partial charge in [0.2, 0.25) is 0 Å². The van der Waals surface area contributed by atoms with Crippen molar-refractivity contribution in [2.45, 2.75) is 25.8 Å². The molecule has 0 fully saturated rings. The molecule has 0 amide bonds. The highest BCUT2D eigenvalue weighted by Gasteiger charge is 2.25. The molecule has 1 atom stereocenters. The second kappa shape index (κ2) is 8.13. The van der Waals surface area contributed by atoms with Gasteiger partial charge in [-0.15, -0.1) is 10.2 Å². The molecule has 5 rings (SSSR count). The predicted molar refractivity (Wildman–Crippen MR) is 125 cm³/mol. The molecule has 2 N–H and O–H groups in total. The first-order valence-corrected chi connectivity index (χ1v) is 10.8. The Morgan fingerprint density at radius 1 is 1.03 bits per heavy atom. The number of hydrogen-bond acceptors (Lipinski definition) is 4. The highest BCUT2D eigenvalue weighted by molar-refractivity contribution is 6.30. The predicted octanol–water partition coefficient (Wildman–Crippen LogP) is 5.69. The van der Waals surface area contributed by atoms with Gasteiger partial charge in [-0.3, -0.25) is 4.57 Å². The quantitative estimate of drug-likeness (QED) is 0.422. The molecule has 0 radical (unpaired) electrons. The minimum atomic E-state index is -0.929. The Labute approximate surface area is 190 Å². The lowest BCUT2D eigenvalue weighted by molar-refractivity contribution is 0.0697. The molecule has 0 saturated carbocycles. The van der Waals surface area contributed by atoms with E-state index in [2.05, 4.69) is 38.3 Å². The van der Waals surface area contributed by atoms with Crippen molar-refractivity contribution in [1.82, 2.24) is 14.8 Å². The SMILES string of the molecule is Cc1nnc2n1-c1ccc(-c3ccc(C(=O)O)cc3)cc1C(Nc1ccc(Cl)cc1)CC2. The highest BCUT2D eigenvalue weighted by Crippen LogP contribution is 2.36. The number of nitrogens with zero attached hydrogens (tertiary/aromatic N) is 3. The van der Waals surface area contributed by atoms with Crippen LogP contribution in [-0.4, -0.2) is 25.8 Å². The summed E-state index contributed by atoms with van der Waals surface area (Å²) in [5.41, 5.74) is 5.45. The average Bonchev–Trinajstić information content (AvgIpc) is 3.09. The van der Waals surface area contributed by atoms with E-state index in [-0.39, 0.29) is 11.6 Å². The van der Waals surface area contributed by atoms with E-state index in [1.54, 1.807) is 12.1 Å². The largest absolute Gasteiger partial charge is 0.478 e. The fourth-order valence-electron chi connectivity index (χ4n) is 4.23. The molecule has 0 bridgehead atoms. The number of aryl methyl sites for hydroxylation is 2. The molecule has 2 heterocycles. The van der Waals surface area contributed by atoms with Crippen LogP contribution in [0.15, 0.2) is 66.7 Å². The Morgan fingerprint density at radius 3 is 2.47 bits per heavy atom. The minimum Gasteiger partial charge on any atom is -0.478 e. The van der Waals surface area contributed by atoms with E-state index in [0.29, 0.717) is 5.02 Å². The number of carbonyl (C=O) groups is 1. The second-order valence-electron chi connectivity index (χ2n) is 7.90. The number of carboxylic acid groups (broad SMARTS) is 1. The molecule has 32 heavy (non-hydrogen) atoms. The third-order valence-corrected chi connectivity index (χ3v) is 6.09. The van der Waals surface area contributed by atoms with Crippen LogP contribution in [0.1, 0.15) is 40.0 Å². The fourth-order valence-corrected chi connectivity index (χ4v) is 4.36. The molecule has 1 unspecified atom stereocenters. The zero-order chi connectivity index (χ0) is 22.2. The van der Waals surface area contributed by atoms with E-state index in [1.807, 2.05) is 43.3 Å². The summed E-state index contributed by atoms with van der Waals surface area (Å²) in [6.07, 6.45) is 1.65. The van der Waals surface area contributed by atoms with E-state index < -0.39 is 5.97 Å². The maximum atomic E-state index is 11.2. The second-order valence-corrected chi connectivity index (χ2v) is 8.33. The van der Waals surface area contributed by atoms with Crippen molar-refractivity contribution < 1.29 is 9.90 Å². The van der Waals surface area contributed by atoms with E-state index >= 15 is 0 Å². The summed E-state index contributed by atoms with van der Waals surface area (Å²) in [5.74, 6) is 0.871. The summed E-state index contributed by atoms with van der Waals surface area (Å²) in [6.45, 7) is 1.96. The lowest BCUT2D eigenvalue weighted by Crippen LogP contribution is -2.12. The number of nitrogens with one attached hydrogen (secondary N) is 1. The molecule has 0 aliphatic carbocycles. The Bertz CT molecular complexity index is 1300. The molecule has 7 heteroatoms. The Hall–Kier alpha value is -3.64. The van der Waals surface area contributed by atoms with Crippen LogP contribution in [0.3, 0.4) is 0 Å². The molecule has 1 aliphatic heterocycles. The van der Waals surface area contributed by atoms with Crippen LogP contribution in [0.25, 0.3) is 16.8 Å². The molecule has 0 saturated heterocycles. The molecule has 1 aliphatic rings. The maximum absolute atomic E-state index is 11.2. The van der Waals surface area contributed by atoms with Crippen molar-refractivity contribution in [2.75, 3.05) is 5.32 Å². The van der Waals surface area contributed by atoms with Crippen LogP contribution in [-0.2, 0) is 6.42 Å². The first-order chi connectivity index (χ1) is 15.5. The van der Waals surface area contributed by atoms with Crippen LogP contribution in [0, 0.1) is 6.92 Å². The third-order valence-electron chi connectivity index (χ3n) is 5.84. The zero-order valence-electron chi connectivity index (χ0n) is 17.4. The van der Waals surface area contributed by atoms with Crippen molar-refractivity contribution in [3.05, 3.63) is 94.5 Å². The first kappa shape index (κ1) is 20.3. The topological polar surface area (TPSA) is 80.0 Å². The van der Waals surface area contributed by atoms with Crippen molar-refractivity contribution in [3.63, 3.8) is 0 Å². The van der Waals surface area contributed by atoms with Crippen LogP contribution in [0.5, 0.6) is 0 Å². The Balaban J connectivity index is 1.60. The number of benzene rings is 3. The summed E-state index contributed by atoms with van der Waals surface area (Å²) >= 11 is 6.06. The lowest BCUT2D eigenvalue weighted by atomic mass is 9.95. The van der Waals surface area contributed by atoms with Gasteiger partial charge in [-0.25, -0.2) is 4.79 Å². The van der Waals surface area contributed by atoms with Crippen molar-refractivity contribution >= 4 is 23.3 Å². The molecule has 6 nitrogen and oxygen atoms in total. The van der Waals surface area contributed by atoms with Gasteiger partial charge in [0.15, 0.2) is 0 Å². The van der Waals surface area contributed by atoms with Gasteiger partial charge in [-0.05, 0) is 78.6 Å². The number of aromatic nitrogens is 3. The summed E-state index contributed by atoms with van der Waals surface area (Å²) in [6, 6.07) is 21.1. The summed E-state index contributed by atoms with van der Waals surface area (Å²) < 4.78 is 2.12. The standard InChI is InChI=1S/C25H21ClN4O2/c1-15-28-29-24-13-11-22(27-20-9-7-19(26)8-10-20)21-14-18(6-12-23(21)30(15)24)16-2-4-17(5-3-16)25(31)32/h2-10,12,14,22,27H,11,13H2,1H3,(H,31,32). The molecule has 160 valence electrons. The number of fused-ring (bicyclic) bond motifs is 3. The van der Waals surface area contributed by atoms with Crippen molar-refractivity contribution in [3.8, 4) is 16.8 Å². The van der Waals surface area contributed by atoms with E-state index in [0.717, 1.165) is 52.6 Å². The monoisotopic (exact) mass is 444 g/mol. The number of halogens is 1. The van der Waals surface area contributed by atoms with Gasteiger partial charge in [-0.1, -0.05) is 29.8 Å². The number of rotatable bonds is 4. The Kier molecular flexibility index (Phi) is 5.15.